The fraction of sp³-hybridized carbons (Fsp3) is 0.412. The number of carbonyl (C=O) groups excluding carboxylic acids is 1. The maximum Gasteiger partial charge on any atom is 0.269 e. The van der Waals surface area contributed by atoms with Crippen LogP contribution >= 0.6 is 11.8 Å². The van der Waals surface area contributed by atoms with E-state index >= 15 is 0 Å². The molecule has 1 aliphatic heterocycles. The van der Waals surface area contributed by atoms with Gasteiger partial charge in [0.05, 0.1) is 36.7 Å². The van der Waals surface area contributed by atoms with Crippen molar-refractivity contribution in [2.24, 2.45) is 22.9 Å². The van der Waals surface area contributed by atoms with Crippen molar-refractivity contribution in [3.8, 4) is 23.0 Å². The van der Waals surface area contributed by atoms with Crippen molar-refractivity contribution in [2.45, 2.75) is 80.6 Å². The van der Waals surface area contributed by atoms with Gasteiger partial charge >= 0.3 is 0 Å². The third-order valence-corrected chi connectivity index (χ3v) is 13.6. The van der Waals surface area contributed by atoms with Crippen LogP contribution in [-0.2, 0) is 27.4 Å². The fourth-order valence-electron chi connectivity index (χ4n) is 9.73. The largest absolute Gasteiger partial charge is 0.497 e. The number of ether oxygens (including phenoxy) is 4. The van der Waals surface area contributed by atoms with Gasteiger partial charge in [-0.2, -0.15) is 0 Å². The van der Waals surface area contributed by atoms with Crippen LogP contribution in [0.4, 0.5) is 5.69 Å². The summed E-state index contributed by atoms with van der Waals surface area (Å²) in [7, 11) is 3.37. The maximum atomic E-state index is 14.6. The molecule has 4 aromatic rings. The second-order valence-corrected chi connectivity index (χ2v) is 17.7. The second-order valence-electron chi connectivity index (χ2n) is 16.8. The molecule has 2 N–H and O–H groups in total. The first-order valence-corrected chi connectivity index (χ1v) is 23.5. The zero-order valence-corrected chi connectivity index (χ0v) is 38.1. The predicted octanol–water partition coefficient (Wildman–Crippen LogP) is 9.65. The number of fused-ring (bicyclic) bond motifs is 2. The maximum absolute atomic E-state index is 14.6. The Morgan fingerprint density at radius 2 is 1.71 bits per heavy atom. The van der Waals surface area contributed by atoms with Crippen LogP contribution in [0.2, 0.25) is 0 Å². The van der Waals surface area contributed by atoms with Crippen molar-refractivity contribution >= 4 is 29.1 Å². The van der Waals surface area contributed by atoms with Gasteiger partial charge < -0.3 is 38.9 Å². The lowest BCUT2D eigenvalue weighted by molar-refractivity contribution is -0.384. The number of aliphatic hydroxyl groups excluding tert-OH is 2. The fourth-order valence-corrected chi connectivity index (χ4v) is 10.1. The number of unbranched alkanes of at least 4 members (excludes halogenated alkanes) is 2. The zero-order chi connectivity index (χ0) is 45.9. The van der Waals surface area contributed by atoms with Gasteiger partial charge in [0.2, 0.25) is 11.7 Å². The smallest absolute Gasteiger partial charge is 0.269 e. The number of methoxy groups -OCH3 is 1. The van der Waals surface area contributed by atoms with E-state index in [0.717, 1.165) is 47.3 Å². The first-order valence-electron chi connectivity index (χ1n) is 22.3. The molecule has 14 heteroatoms. The Kier molecular flexibility index (Phi) is 16.0. The van der Waals surface area contributed by atoms with Crippen LogP contribution in [-0.4, -0.2) is 83.7 Å². The summed E-state index contributed by atoms with van der Waals surface area (Å²) in [5, 5.41) is 36.1. The van der Waals surface area contributed by atoms with Crippen LogP contribution in [0, 0.1) is 27.9 Å². The number of nitro benzene ring substituents is 1. The van der Waals surface area contributed by atoms with Gasteiger partial charge in [-0.25, -0.2) is 0 Å². The van der Waals surface area contributed by atoms with Gasteiger partial charge in [-0.15, -0.1) is 18.3 Å². The SMILES string of the molecule is C=CCOC12Oc3ccc(Oc4ccc(SC)cc4)cc3C3C(CCCCO)C(CCCCO)C=C(C(=NOCc4ccc([N+](=O)[O-])cc4)CC1N(C)C(=O)Cc1cccc(OC)c1)C32. The molecule has 0 spiro atoms. The number of benzene rings is 4. The van der Waals surface area contributed by atoms with E-state index in [2.05, 4.69) is 18.7 Å². The summed E-state index contributed by atoms with van der Waals surface area (Å²) in [6.45, 7) is 4.36. The molecular formula is C51H59N3O10S. The van der Waals surface area contributed by atoms with Gasteiger partial charge in [0.1, 0.15) is 35.6 Å². The standard InChI is InChI=1S/C51H59N3O10S/c1-5-27-61-51-47(53(2)48(57)29-35-11-10-13-39(28-35)60-3)32-45(52-62-33-34-15-17-37(18-16-34)54(58)59)43-30-36(12-6-8-25-55)42(14-7-9-26-56)49(50(43)51)44-31-40(21-24-46(44)64-51)63-38-19-22-41(65-4)23-20-38/h5,10-11,13,15-24,28,30-31,36,42,47,49-50,55-56H,1,6-9,12,14,25-27,29,32-33H2,2-4H3. The van der Waals surface area contributed by atoms with E-state index < -0.39 is 22.7 Å². The molecule has 0 bridgehead atoms. The van der Waals surface area contributed by atoms with Gasteiger partial charge in [-0.3, -0.25) is 14.9 Å². The topological polar surface area (TPSA) is 162 Å². The minimum atomic E-state index is -1.42. The molecule has 0 radical (unpaired) electrons. The molecule has 1 amide bonds. The minimum absolute atomic E-state index is 0.0217. The summed E-state index contributed by atoms with van der Waals surface area (Å²) in [6.07, 6.45) is 10.8. The highest BCUT2D eigenvalue weighted by Crippen LogP contribution is 2.62. The predicted molar refractivity (Wildman–Crippen MR) is 251 cm³/mol. The number of hydrogen-bond donors (Lipinski definition) is 2. The van der Waals surface area contributed by atoms with Crippen LogP contribution in [0.15, 0.2) is 125 Å². The number of allylic oxidation sites excluding steroid dienone is 1. The Labute approximate surface area is 385 Å². The van der Waals surface area contributed by atoms with Crippen molar-refractivity contribution in [1.82, 2.24) is 4.90 Å². The molecule has 3 aliphatic rings. The monoisotopic (exact) mass is 905 g/mol. The summed E-state index contributed by atoms with van der Waals surface area (Å²) in [5.74, 6) is 0.333. The quantitative estimate of drug-likeness (QED) is 0.0254. The lowest BCUT2D eigenvalue weighted by Crippen LogP contribution is -2.69. The molecule has 344 valence electrons. The van der Waals surface area contributed by atoms with Gasteiger partial charge in [-0.05, 0) is 127 Å². The number of oxime groups is 1. The number of carbonyl (C=O) groups is 1. The van der Waals surface area contributed by atoms with Crippen molar-refractivity contribution in [1.29, 1.82) is 0 Å². The third-order valence-electron chi connectivity index (χ3n) is 12.8. The van der Waals surface area contributed by atoms with Gasteiger partial charge in [0, 0.05) is 55.2 Å². The number of thioether (sulfide) groups is 1. The molecule has 4 aromatic carbocycles. The summed E-state index contributed by atoms with van der Waals surface area (Å²) < 4.78 is 26.4. The number of amides is 1. The van der Waals surface area contributed by atoms with Crippen molar-refractivity contribution < 1.29 is 43.7 Å². The Hall–Kier alpha value is -5.67. The molecule has 6 unspecified atom stereocenters. The Morgan fingerprint density at radius 1 is 0.969 bits per heavy atom. The normalized spacial score (nSPS) is 22.4. The van der Waals surface area contributed by atoms with Crippen LogP contribution in [0.3, 0.4) is 0 Å². The zero-order valence-electron chi connectivity index (χ0n) is 37.3. The molecular weight excluding hydrogens is 847 g/mol. The highest BCUT2D eigenvalue weighted by molar-refractivity contribution is 7.98. The first-order chi connectivity index (χ1) is 31.6. The van der Waals surface area contributed by atoms with E-state index in [1.165, 1.54) is 12.1 Å². The van der Waals surface area contributed by atoms with Gasteiger partial charge in [-0.1, -0.05) is 42.3 Å². The van der Waals surface area contributed by atoms with Crippen LogP contribution in [0.25, 0.3) is 0 Å². The number of hydrogen-bond acceptors (Lipinski definition) is 12. The van der Waals surface area contributed by atoms with Crippen LogP contribution in [0.5, 0.6) is 23.0 Å². The number of nitro groups is 1. The van der Waals surface area contributed by atoms with Crippen LogP contribution < -0.4 is 14.2 Å². The van der Waals surface area contributed by atoms with E-state index in [1.807, 2.05) is 66.9 Å². The van der Waals surface area contributed by atoms with E-state index in [-0.39, 0.29) is 68.6 Å². The first kappa shape index (κ1) is 47.3. The highest BCUT2D eigenvalue weighted by Gasteiger charge is 2.65. The van der Waals surface area contributed by atoms with E-state index in [1.54, 1.807) is 49.0 Å². The Morgan fingerprint density at radius 3 is 2.40 bits per heavy atom. The molecule has 7 rings (SSSR count). The van der Waals surface area contributed by atoms with E-state index in [9.17, 15) is 25.1 Å². The number of non-ortho nitro benzene ring substituents is 1. The van der Waals surface area contributed by atoms with Crippen LogP contribution in [0.1, 0.15) is 67.6 Å². The number of likely N-dealkylation sites (N-methyl/N-ethyl adjacent to an activating group) is 1. The molecule has 13 nitrogen and oxygen atoms in total. The summed E-state index contributed by atoms with van der Waals surface area (Å²) in [4.78, 5) is 34.5. The number of rotatable bonds is 22. The third kappa shape index (κ3) is 10.7. The van der Waals surface area contributed by atoms with Gasteiger partial charge in [0.25, 0.3) is 5.69 Å². The van der Waals surface area contributed by atoms with E-state index in [0.29, 0.717) is 47.1 Å². The lowest BCUT2D eigenvalue weighted by atomic mass is 9.55. The average molecular weight is 906 g/mol. The summed E-state index contributed by atoms with van der Waals surface area (Å²) in [6, 6.07) is 26.8. The van der Waals surface area contributed by atoms with Crippen molar-refractivity contribution in [2.75, 3.05) is 40.2 Å². The molecule has 1 fully saturated rings. The number of nitrogens with zero attached hydrogens (tertiary/aromatic N) is 3. The Balaban J connectivity index is 1.39. The molecule has 2 aliphatic carbocycles. The van der Waals surface area contributed by atoms with Crippen molar-refractivity contribution in [3.63, 3.8) is 0 Å². The number of aliphatic hydroxyl groups is 2. The molecule has 0 saturated heterocycles. The summed E-state index contributed by atoms with van der Waals surface area (Å²) in [5.41, 5.74) is 3.94. The Bertz CT molecular complexity index is 2340. The van der Waals surface area contributed by atoms with Gasteiger partial charge in [0.15, 0.2) is 0 Å². The van der Waals surface area contributed by atoms with Crippen molar-refractivity contribution in [3.05, 3.63) is 142 Å². The molecule has 1 saturated carbocycles. The average Bonchev–Trinajstić information content (AvgIpc) is 3.32. The minimum Gasteiger partial charge on any atom is -0.497 e. The molecule has 0 aromatic heterocycles. The molecule has 6 atom stereocenters. The second kappa shape index (κ2) is 22.0. The molecule has 1 heterocycles. The lowest BCUT2D eigenvalue weighted by Gasteiger charge is -2.59. The highest BCUT2D eigenvalue weighted by atomic mass is 32.2. The van der Waals surface area contributed by atoms with E-state index in [4.69, 9.17) is 28.9 Å². The molecule has 65 heavy (non-hydrogen) atoms. The summed E-state index contributed by atoms with van der Waals surface area (Å²) >= 11 is 1.66.